The zero-order chi connectivity index (χ0) is 17.5. The average Bonchev–Trinajstić information content (AvgIpc) is 3.09. The van der Waals surface area contributed by atoms with Crippen LogP contribution in [0.1, 0.15) is 11.1 Å². The Labute approximate surface area is 166 Å². The van der Waals surface area contributed by atoms with Crippen molar-refractivity contribution in [1.82, 2.24) is 9.78 Å². The van der Waals surface area contributed by atoms with Gasteiger partial charge in [-0.15, -0.1) is 0 Å². The van der Waals surface area contributed by atoms with E-state index in [1.54, 1.807) is 0 Å². The molecule has 3 heteroatoms. The molecule has 0 fully saturated rings. The van der Waals surface area contributed by atoms with Crippen molar-refractivity contribution in [3.63, 3.8) is 0 Å². The van der Waals surface area contributed by atoms with E-state index in [-0.39, 0.29) is 0 Å². The Morgan fingerprint density at radius 2 is 1.50 bits per heavy atom. The van der Waals surface area contributed by atoms with Crippen LogP contribution in [0.2, 0.25) is 0 Å². The standard InChI is InChI=1S/C23H17IN2/c24-18-11-13-19(14-12-18)26-23(17-7-2-1-3-8-17)21-15-10-16-6-4-5-9-20(16)22(21)25-26/h1-9,11-14H,10,15H2. The summed E-state index contributed by atoms with van der Waals surface area (Å²) >= 11 is 2.34. The highest BCUT2D eigenvalue weighted by Gasteiger charge is 2.25. The second-order valence-corrected chi connectivity index (χ2v) is 7.83. The van der Waals surface area contributed by atoms with Gasteiger partial charge in [-0.1, -0.05) is 54.6 Å². The summed E-state index contributed by atoms with van der Waals surface area (Å²) in [5.41, 5.74) is 8.70. The molecule has 26 heavy (non-hydrogen) atoms. The molecule has 0 aliphatic heterocycles. The molecule has 1 aliphatic rings. The minimum atomic E-state index is 1.03. The molecule has 0 saturated heterocycles. The largest absolute Gasteiger partial charge is 0.232 e. The highest BCUT2D eigenvalue weighted by molar-refractivity contribution is 14.1. The van der Waals surface area contributed by atoms with Gasteiger partial charge in [-0.25, -0.2) is 4.68 Å². The van der Waals surface area contributed by atoms with Crippen LogP contribution in [0.3, 0.4) is 0 Å². The highest BCUT2D eigenvalue weighted by atomic mass is 127. The average molecular weight is 448 g/mol. The summed E-state index contributed by atoms with van der Waals surface area (Å²) in [6.07, 6.45) is 2.10. The Kier molecular flexibility index (Phi) is 3.89. The number of rotatable bonds is 2. The zero-order valence-corrected chi connectivity index (χ0v) is 16.3. The fraction of sp³-hybridized carbons (Fsp3) is 0.0870. The number of aryl methyl sites for hydroxylation is 1. The van der Waals surface area contributed by atoms with Crippen molar-refractivity contribution in [3.05, 3.63) is 93.6 Å². The fourth-order valence-electron chi connectivity index (χ4n) is 3.79. The second kappa shape index (κ2) is 6.40. The lowest BCUT2D eigenvalue weighted by Gasteiger charge is -2.16. The van der Waals surface area contributed by atoms with Gasteiger partial charge in [0.05, 0.1) is 17.1 Å². The molecule has 0 radical (unpaired) electrons. The van der Waals surface area contributed by atoms with Gasteiger partial charge in [0.25, 0.3) is 0 Å². The Morgan fingerprint density at radius 3 is 2.31 bits per heavy atom. The molecule has 0 saturated carbocycles. The minimum absolute atomic E-state index is 1.03. The molecule has 4 aromatic rings. The van der Waals surface area contributed by atoms with E-state index in [0.717, 1.165) is 24.2 Å². The second-order valence-electron chi connectivity index (χ2n) is 6.59. The molecule has 1 heterocycles. The van der Waals surface area contributed by atoms with Crippen molar-refractivity contribution in [2.75, 3.05) is 0 Å². The van der Waals surface area contributed by atoms with E-state index in [0.29, 0.717) is 0 Å². The number of benzene rings is 3. The molecular weight excluding hydrogens is 431 g/mol. The van der Waals surface area contributed by atoms with Crippen LogP contribution in [0.5, 0.6) is 0 Å². The molecule has 126 valence electrons. The summed E-state index contributed by atoms with van der Waals surface area (Å²) in [6.45, 7) is 0. The maximum Gasteiger partial charge on any atom is 0.0969 e. The molecule has 0 bridgehead atoms. The number of nitrogens with zero attached hydrogens (tertiary/aromatic N) is 2. The van der Waals surface area contributed by atoms with Gasteiger partial charge in [-0.3, -0.25) is 0 Å². The van der Waals surface area contributed by atoms with E-state index < -0.39 is 0 Å². The van der Waals surface area contributed by atoms with E-state index in [2.05, 4.69) is 106 Å². The fourth-order valence-corrected chi connectivity index (χ4v) is 4.15. The monoisotopic (exact) mass is 448 g/mol. The third-order valence-electron chi connectivity index (χ3n) is 5.02. The van der Waals surface area contributed by atoms with Crippen molar-refractivity contribution in [2.24, 2.45) is 0 Å². The van der Waals surface area contributed by atoms with Gasteiger partial charge >= 0.3 is 0 Å². The Hall–Kier alpha value is -2.40. The van der Waals surface area contributed by atoms with Crippen molar-refractivity contribution >= 4 is 22.6 Å². The van der Waals surface area contributed by atoms with E-state index in [1.807, 2.05) is 0 Å². The molecule has 0 N–H and O–H groups in total. The Balaban J connectivity index is 1.80. The highest BCUT2D eigenvalue weighted by Crippen LogP contribution is 2.39. The van der Waals surface area contributed by atoms with Gasteiger partial charge in [0, 0.05) is 20.3 Å². The smallest absolute Gasteiger partial charge is 0.0969 e. The van der Waals surface area contributed by atoms with Gasteiger partial charge in [0.15, 0.2) is 0 Å². The zero-order valence-electron chi connectivity index (χ0n) is 14.2. The van der Waals surface area contributed by atoms with E-state index in [4.69, 9.17) is 5.10 Å². The Bertz CT molecular complexity index is 1080. The van der Waals surface area contributed by atoms with Crippen molar-refractivity contribution in [2.45, 2.75) is 12.8 Å². The van der Waals surface area contributed by atoms with Crippen LogP contribution in [0.4, 0.5) is 0 Å². The van der Waals surface area contributed by atoms with Crippen LogP contribution in [0, 0.1) is 3.57 Å². The first-order chi connectivity index (χ1) is 12.8. The van der Waals surface area contributed by atoms with Crippen LogP contribution in [-0.4, -0.2) is 9.78 Å². The van der Waals surface area contributed by atoms with Crippen LogP contribution in [-0.2, 0) is 12.8 Å². The predicted molar refractivity (Wildman–Crippen MR) is 115 cm³/mol. The molecule has 0 atom stereocenters. The van der Waals surface area contributed by atoms with Crippen LogP contribution in [0.15, 0.2) is 78.9 Å². The quantitative estimate of drug-likeness (QED) is 0.349. The molecule has 1 aliphatic carbocycles. The number of halogens is 1. The lowest BCUT2D eigenvalue weighted by Crippen LogP contribution is -2.03. The lowest BCUT2D eigenvalue weighted by atomic mass is 9.88. The molecule has 2 nitrogen and oxygen atoms in total. The van der Waals surface area contributed by atoms with Crippen LogP contribution in [0.25, 0.3) is 28.2 Å². The van der Waals surface area contributed by atoms with Gasteiger partial charge in [0.1, 0.15) is 0 Å². The maximum absolute atomic E-state index is 5.08. The van der Waals surface area contributed by atoms with Crippen molar-refractivity contribution < 1.29 is 0 Å². The summed E-state index contributed by atoms with van der Waals surface area (Å²) in [4.78, 5) is 0. The first-order valence-electron chi connectivity index (χ1n) is 8.83. The number of hydrogen-bond acceptors (Lipinski definition) is 1. The number of aromatic nitrogens is 2. The summed E-state index contributed by atoms with van der Waals surface area (Å²) in [5, 5.41) is 5.08. The van der Waals surface area contributed by atoms with Gasteiger partial charge in [0.2, 0.25) is 0 Å². The van der Waals surface area contributed by atoms with Crippen molar-refractivity contribution in [1.29, 1.82) is 0 Å². The molecule has 0 spiro atoms. The molecule has 0 unspecified atom stereocenters. The number of fused-ring (bicyclic) bond motifs is 3. The third kappa shape index (κ3) is 2.58. The first-order valence-corrected chi connectivity index (χ1v) is 9.91. The van der Waals surface area contributed by atoms with E-state index in [9.17, 15) is 0 Å². The molecule has 1 aromatic heterocycles. The van der Waals surface area contributed by atoms with Crippen LogP contribution < -0.4 is 0 Å². The molecule has 3 aromatic carbocycles. The van der Waals surface area contributed by atoms with E-state index in [1.165, 1.54) is 31.5 Å². The van der Waals surface area contributed by atoms with Crippen molar-refractivity contribution in [3.8, 4) is 28.2 Å². The van der Waals surface area contributed by atoms with Gasteiger partial charge < -0.3 is 0 Å². The summed E-state index contributed by atoms with van der Waals surface area (Å²) in [5.74, 6) is 0. The number of hydrogen-bond donors (Lipinski definition) is 0. The van der Waals surface area contributed by atoms with Gasteiger partial charge in [-0.05, 0) is 65.3 Å². The SMILES string of the molecule is Ic1ccc(-n2nc3c(c2-c2ccccc2)CCc2ccccc2-3)cc1. The first kappa shape index (κ1) is 15.8. The van der Waals surface area contributed by atoms with Gasteiger partial charge in [-0.2, -0.15) is 5.10 Å². The Morgan fingerprint density at radius 1 is 0.769 bits per heavy atom. The minimum Gasteiger partial charge on any atom is -0.232 e. The molecule has 5 rings (SSSR count). The molecule has 0 amide bonds. The maximum atomic E-state index is 5.08. The summed E-state index contributed by atoms with van der Waals surface area (Å²) in [6, 6.07) is 27.9. The lowest BCUT2D eigenvalue weighted by molar-refractivity contribution is 0.891. The summed E-state index contributed by atoms with van der Waals surface area (Å²) < 4.78 is 3.35. The summed E-state index contributed by atoms with van der Waals surface area (Å²) in [7, 11) is 0. The van der Waals surface area contributed by atoms with E-state index >= 15 is 0 Å². The topological polar surface area (TPSA) is 17.8 Å². The van der Waals surface area contributed by atoms with Crippen LogP contribution >= 0.6 is 22.6 Å². The normalized spacial score (nSPS) is 12.5. The molecular formula is C23H17IN2. The third-order valence-corrected chi connectivity index (χ3v) is 5.74. The predicted octanol–water partition coefficient (Wildman–Crippen LogP) is 5.91.